The number of nitrogens with one attached hydrogen (secondary N) is 1. The minimum Gasteiger partial charge on any atom is -0.383 e. The molecule has 0 spiro atoms. The molecule has 0 radical (unpaired) electrons. The Morgan fingerprint density at radius 1 is 1.29 bits per heavy atom. The summed E-state index contributed by atoms with van der Waals surface area (Å²) in [5, 5.41) is 3.63. The summed E-state index contributed by atoms with van der Waals surface area (Å²) in [6.45, 7) is 12.5. The Morgan fingerprint density at radius 3 is 2.52 bits per heavy atom. The number of rotatable bonds is 10. The van der Waals surface area contributed by atoms with Gasteiger partial charge in [-0.25, -0.2) is 0 Å². The molecule has 0 aromatic rings. The van der Waals surface area contributed by atoms with E-state index in [4.69, 9.17) is 4.74 Å². The number of hydrogen-bond donors (Lipinski definition) is 1. The lowest BCUT2D eigenvalue weighted by atomic mass is 9.70. The van der Waals surface area contributed by atoms with Gasteiger partial charge in [-0.05, 0) is 50.1 Å². The van der Waals surface area contributed by atoms with Crippen LogP contribution in [0, 0.1) is 17.3 Å². The third-order valence-electron chi connectivity index (χ3n) is 5.01. The van der Waals surface area contributed by atoms with Crippen molar-refractivity contribution in [2.45, 2.75) is 52.9 Å². The van der Waals surface area contributed by atoms with Gasteiger partial charge in [-0.15, -0.1) is 0 Å². The van der Waals surface area contributed by atoms with E-state index in [1.165, 1.54) is 45.2 Å². The summed E-state index contributed by atoms with van der Waals surface area (Å²) in [7, 11) is 4.08. The number of hydrogen-bond acceptors (Lipinski definition) is 3. The van der Waals surface area contributed by atoms with Gasteiger partial charge in [-0.1, -0.05) is 33.6 Å². The molecule has 0 atom stereocenters. The van der Waals surface area contributed by atoms with Crippen LogP contribution in [0.25, 0.3) is 0 Å². The maximum atomic E-state index is 5.15. The molecule has 1 rings (SSSR count). The third-order valence-corrected chi connectivity index (χ3v) is 5.01. The van der Waals surface area contributed by atoms with Gasteiger partial charge in [-0.3, -0.25) is 0 Å². The predicted molar refractivity (Wildman–Crippen MR) is 91.8 cm³/mol. The van der Waals surface area contributed by atoms with Crippen LogP contribution in [0.3, 0.4) is 0 Å². The lowest BCUT2D eigenvalue weighted by Crippen LogP contribution is -2.46. The van der Waals surface area contributed by atoms with Crippen molar-refractivity contribution in [3.05, 3.63) is 0 Å². The second-order valence-electron chi connectivity index (χ2n) is 7.77. The summed E-state index contributed by atoms with van der Waals surface area (Å²) >= 11 is 0. The molecule has 0 aromatic carbocycles. The van der Waals surface area contributed by atoms with E-state index in [9.17, 15) is 0 Å². The molecular formula is C18H38N2O. The molecule has 3 heteroatoms. The van der Waals surface area contributed by atoms with Gasteiger partial charge in [-0.2, -0.15) is 0 Å². The molecule has 1 aliphatic rings. The Bertz CT molecular complexity index is 260. The fourth-order valence-corrected chi connectivity index (χ4v) is 3.42. The van der Waals surface area contributed by atoms with E-state index in [-0.39, 0.29) is 0 Å². The molecule has 0 unspecified atom stereocenters. The predicted octanol–water partition coefficient (Wildman–Crippen LogP) is 3.40. The normalized spacial score (nSPS) is 26.7. The molecule has 3 nitrogen and oxygen atoms in total. The average Bonchev–Trinajstić information content (AvgIpc) is 2.45. The molecule has 0 saturated heterocycles. The van der Waals surface area contributed by atoms with Crippen molar-refractivity contribution in [1.29, 1.82) is 0 Å². The lowest BCUT2D eigenvalue weighted by Gasteiger charge is -2.42. The zero-order chi connectivity index (χ0) is 15.7. The van der Waals surface area contributed by atoms with Crippen molar-refractivity contribution in [3.8, 4) is 0 Å². The fourth-order valence-electron chi connectivity index (χ4n) is 3.42. The minimum atomic E-state index is 0.478. The van der Waals surface area contributed by atoms with Crippen molar-refractivity contribution in [2.75, 3.05) is 46.9 Å². The molecular weight excluding hydrogens is 260 g/mol. The monoisotopic (exact) mass is 298 g/mol. The SMILES string of the molecule is COCCNCC1(CN(C)CCC(C)C)CCC(C)CC1. The molecule has 0 bridgehead atoms. The van der Waals surface area contributed by atoms with Crippen LogP contribution < -0.4 is 5.32 Å². The molecule has 1 aliphatic carbocycles. The molecule has 0 amide bonds. The van der Waals surface area contributed by atoms with Crippen molar-refractivity contribution in [3.63, 3.8) is 0 Å². The van der Waals surface area contributed by atoms with E-state index in [1.54, 1.807) is 7.11 Å². The highest BCUT2D eigenvalue weighted by atomic mass is 16.5. The van der Waals surface area contributed by atoms with Crippen molar-refractivity contribution >= 4 is 0 Å². The van der Waals surface area contributed by atoms with Gasteiger partial charge in [0.05, 0.1) is 6.61 Å². The zero-order valence-corrected chi connectivity index (χ0v) is 15.1. The molecule has 0 aliphatic heterocycles. The van der Waals surface area contributed by atoms with Crippen LogP contribution >= 0.6 is 0 Å². The number of nitrogens with zero attached hydrogens (tertiary/aromatic N) is 1. The van der Waals surface area contributed by atoms with Crippen LogP contribution in [0.5, 0.6) is 0 Å². The second kappa shape index (κ2) is 9.81. The highest BCUT2D eigenvalue weighted by Crippen LogP contribution is 2.39. The molecule has 126 valence electrons. The Hall–Kier alpha value is -0.120. The Kier molecular flexibility index (Phi) is 8.84. The van der Waals surface area contributed by atoms with Crippen LogP contribution in [0.1, 0.15) is 52.9 Å². The summed E-state index contributed by atoms with van der Waals surface area (Å²) < 4.78 is 5.15. The quantitative estimate of drug-likeness (QED) is 0.626. The van der Waals surface area contributed by atoms with E-state index in [0.717, 1.165) is 31.5 Å². The van der Waals surface area contributed by atoms with Crippen molar-refractivity contribution < 1.29 is 4.74 Å². The molecule has 1 saturated carbocycles. The first-order valence-corrected chi connectivity index (χ1v) is 8.85. The second-order valence-corrected chi connectivity index (χ2v) is 7.77. The molecule has 0 heterocycles. The van der Waals surface area contributed by atoms with E-state index in [1.807, 2.05) is 0 Å². The molecule has 1 fully saturated rings. The summed E-state index contributed by atoms with van der Waals surface area (Å²) in [5.41, 5.74) is 0.478. The van der Waals surface area contributed by atoms with Crippen LogP contribution in [0.2, 0.25) is 0 Å². The number of methoxy groups -OCH3 is 1. The van der Waals surface area contributed by atoms with Gasteiger partial charge >= 0.3 is 0 Å². The summed E-state index contributed by atoms with van der Waals surface area (Å²) in [6, 6.07) is 0. The van der Waals surface area contributed by atoms with Crippen LogP contribution in [-0.4, -0.2) is 51.8 Å². The molecule has 0 aromatic heterocycles. The Morgan fingerprint density at radius 2 is 1.95 bits per heavy atom. The van der Waals surface area contributed by atoms with Gasteiger partial charge in [0.1, 0.15) is 0 Å². The Labute approximate surface area is 132 Å². The standard InChI is InChI=1S/C18H38N2O/c1-16(2)8-12-20(4)15-18(14-19-11-13-21-5)9-6-17(3)7-10-18/h16-17,19H,6-15H2,1-5H3. The Balaban J connectivity index is 2.47. The summed E-state index contributed by atoms with van der Waals surface area (Å²) in [4.78, 5) is 2.56. The lowest BCUT2D eigenvalue weighted by molar-refractivity contribution is 0.0936. The largest absolute Gasteiger partial charge is 0.383 e. The van der Waals surface area contributed by atoms with Gasteiger partial charge in [0.15, 0.2) is 0 Å². The van der Waals surface area contributed by atoms with Crippen molar-refractivity contribution in [2.24, 2.45) is 17.3 Å². The maximum Gasteiger partial charge on any atom is 0.0587 e. The molecule has 1 N–H and O–H groups in total. The third kappa shape index (κ3) is 7.62. The first-order valence-electron chi connectivity index (χ1n) is 8.85. The molecule has 21 heavy (non-hydrogen) atoms. The zero-order valence-electron chi connectivity index (χ0n) is 15.1. The van der Waals surface area contributed by atoms with Gasteiger partial charge in [0.25, 0.3) is 0 Å². The fraction of sp³-hybridized carbons (Fsp3) is 1.00. The van der Waals surface area contributed by atoms with Gasteiger partial charge < -0.3 is 15.0 Å². The summed E-state index contributed by atoms with van der Waals surface area (Å²) in [5.74, 6) is 1.72. The van der Waals surface area contributed by atoms with E-state index < -0.39 is 0 Å². The van der Waals surface area contributed by atoms with Crippen molar-refractivity contribution in [1.82, 2.24) is 10.2 Å². The maximum absolute atomic E-state index is 5.15. The van der Waals surface area contributed by atoms with Gasteiger partial charge in [0, 0.05) is 26.7 Å². The van der Waals surface area contributed by atoms with Crippen LogP contribution in [0.15, 0.2) is 0 Å². The minimum absolute atomic E-state index is 0.478. The first kappa shape index (κ1) is 18.9. The highest BCUT2D eigenvalue weighted by Gasteiger charge is 2.34. The van der Waals surface area contributed by atoms with E-state index in [2.05, 4.69) is 38.0 Å². The van der Waals surface area contributed by atoms with E-state index in [0.29, 0.717) is 5.41 Å². The first-order chi connectivity index (χ1) is 9.97. The smallest absolute Gasteiger partial charge is 0.0587 e. The van der Waals surface area contributed by atoms with Crippen LogP contribution in [-0.2, 0) is 4.74 Å². The number of ether oxygens (including phenoxy) is 1. The average molecular weight is 299 g/mol. The summed E-state index contributed by atoms with van der Waals surface area (Å²) in [6.07, 6.45) is 6.84. The van der Waals surface area contributed by atoms with Gasteiger partial charge in [0.2, 0.25) is 0 Å². The van der Waals surface area contributed by atoms with E-state index >= 15 is 0 Å². The topological polar surface area (TPSA) is 24.5 Å². The highest BCUT2D eigenvalue weighted by molar-refractivity contribution is 4.89. The van der Waals surface area contributed by atoms with Crippen LogP contribution in [0.4, 0.5) is 0 Å².